The van der Waals surface area contributed by atoms with Gasteiger partial charge in [0.15, 0.2) is 0 Å². The van der Waals surface area contributed by atoms with E-state index in [0.29, 0.717) is 11.5 Å². The Morgan fingerprint density at radius 1 is 1.42 bits per heavy atom. The number of hydrogen-bond donors (Lipinski definition) is 3. The maximum Gasteiger partial charge on any atom is 0.0273 e. The fourth-order valence-corrected chi connectivity index (χ4v) is 4.24. The van der Waals surface area contributed by atoms with Crippen LogP contribution in [0, 0.1) is 17.8 Å². The highest BCUT2D eigenvalue weighted by Gasteiger charge is 2.57. The van der Waals surface area contributed by atoms with Gasteiger partial charge in [-0.15, -0.1) is 0 Å². The number of fused-ring (bicyclic) bond motifs is 1. The molecular formula is C16H27N3. The molecule has 0 aromatic carbocycles. The second-order valence-electron chi connectivity index (χ2n) is 6.64. The molecule has 0 aliphatic heterocycles. The van der Waals surface area contributed by atoms with Gasteiger partial charge in [0.05, 0.1) is 0 Å². The van der Waals surface area contributed by atoms with Crippen LogP contribution >= 0.6 is 0 Å². The van der Waals surface area contributed by atoms with Gasteiger partial charge in [-0.1, -0.05) is 12.2 Å². The maximum atomic E-state index is 5.95. The largest absolute Gasteiger partial charge is 0.399 e. The van der Waals surface area contributed by atoms with Gasteiger partial charge >= 0.3 is 0 Å². The molecule has 0 spiro atoms. The standard InChI is InChI=1S/C16H27N3/c17-7-2-8-19-16(6-5-13-10-15(13)16)11-12-3-1-4-14(18)9-12/h1,4,9,12-13,15,19H,2-3,5-8,10-11,17-18H2/t12-,13?,15?,16-/m0/s1. The van der Waals surface area contributed by atoms with E-state index in [4.69, 9.17) is 11.5 Å². The molecule has 0 bridgehead atoms. The average Bonchev–Trinajstić information content (AvgIpc) is 3.10. The van der Waals surface area contributed by atoms with Crippen molar-refractivity contribution in [3.05, 3.63) is 23.9 Å². The lowest BCUT2D eigenvalue weighted by atomic mass is 9.80. The molecular weight excluding hydrogens is 234 g/mol. The van der Waals surface area contributed by atoms with Gasteiger partial charge in [-0.05, 0) is 75.4 Å². The van der Waals surface area contributed by atoms with E-state index in [1.54, 1.807) is 0 Å². The summed E-state index contributed by atoms with van der Waals surface area (Å²) >= 11 is 0. The van der Waals surface area contributed by atoms with Gasteiger partial charge in [-0.2, -0.15) is 0 Å². The first-order chi connectivity index (χ1) is 9.23. The Hall–Kier alpha value is -0.800. The minimum Gasteiger partial charge on any atom is -0.399 e. The minimum atomic E-state index is 0.381. The Bertz CT molecular complexity index is 387. The molecule has 3 rings (SSSR count). The summed E-state index contributed by atoms with van der Waals surface area (Å²) in [6, 6.07) is 0. The van der Waals surface area contributed by atoms with Crippen LogP contribution in [-0.2, 0) is 0 Å². The third kappa shape index (κ3) is 2.72. The highest BCUT2D eigenvalue weighted by Crippen LogP contribution is 2.59. The first kappa shape index (κ1) is 13.2. The van der Waals surface area contributed by atoms with Crippen molar-refractivity contribution in [2.45, 2.75) is 44.1 Å². The van der Waals surface area contributed by atoms with Crippen LogP contribution in [0.5, 0.6) is 0 Å². The lowest BCUT2D eigenvalue weighted by molar-refractivity contribution is 0.242. The van der Waals surface area contributed by atoms with E-state index in [1.807, 2.05) is 6.08 Å². The molecule has 2 saturated carbocycles. The van der Waals surface area contributed by atoms with Crippen molar-refractivity contribution in [2.75, 3.05) is 13.1 Å². The first-order valence-corrected chi connectivity index (χ1v) is 7.82. The number of nitrogens with two attached hydrogens (primary N) is 2. The average molecular weight is 261 g/mol. The normalized spacial score (nSPS) is 40.1. The molecule has 2 fully saturated rings. The number of hydrogen-bond acceptors (Lipinski definition) is 3. The summed E-state index contributed by atoms with van der Waals surface area (Å²) in [7, 11) is 0. The molecule has 3 aliphatic carbocycles. The number of nitrogens with one attached hydrogen (secondary N) is 1. The smallest absolute Gasteiger partial charge is 0.0273 e. The van der Waals surface area contributed by atoms with E-state index in [9.17, 15) is 0 Å². The van der Waals surface area contributed by atoms with Gasteiger partial charge in [-0.3, -0.25) is 0 Å². The SMILES string of the molecule is NCCCN[C@]1(C[C@@H]2C=C(N)C=CC2)CCC2CC21. The summed E-state index contributed by atoms with van der Waals surface area (Å²) in [5.74, 6) is 2.55. The maximum absolute atomic E-state index is 5.95. The highest BCUT2D eigenvalue weighted by atomic mass is 15.0. The molecule has 5 N–H and O–H groups in total. The topological polar surface area (TPSA) is 64.1 Å². The number of rotatable bonds is 6. The molecule has 0 aromatic heterocycles. The summed E-state index contributed by atoms with van der Waals surface area (Å²) in [6.07, 6.45) is 14.2. The molecule has 3 nitrogen and oxygen atoms in total. The molecule has 4 atom stereocenters. The Kier molecular flexibility index (Phi) is 3.68. The van der Waals surface area contributed by atoms with Crippen LogP contribution in [0.4, 0.5) is 0 Å². The Morgan fingerprint density at radius 2 is 2.32 bits per heavy atom. The van der Waals surface area contributed by atoms with Crippen LogP contribution in [0.3, 0.4) is 0 Å². The van der Waals surface area contributed by atoms with Crippen LogP contribution < -0.4 is 16.8 Å². The van der Waals surface area contributed by atoms with E-state index in [0.717, 1.165) is 43.5 Å². The van der Waals surface area contributed by atoms with Crippen molar-refractivity contribution in [3.63, 3.8) is 0 Å². The van der Waals surface area contributed by atoms with Gasteiger partial charge in [0, 0.05) is 11.2 Å². The lowest BCUT2D eigenvalue weighted by Crippen LogP contribution is -2.47. The molecule has 0 amide bonds. The summed E-state index contributed by atoms with van der Waals surface area (Å²) in [5.41, 5.74) is 12.9. The second kappa shape index (κ2) is 5.29. The molecule has 0 saturated heterocycles. The molecule has 0 heterocycles. The van der Waals surface area contributed by atoms with Crippen LogP contribution in [0.25, 0.3) is 0 Å². The molecule has 3 aliphatic rings. The quantitative estimate of drug-likeness (QED) is 0.640. The molecule has 0 radical (unpaired) electrons. The Balaban J connectivity index is 1.64. The predicted molar refractivity (Wildman–Crippen MR) is 79.4 cm³/mol. The molecule has 0 aromatic rings. The zero-order valence-electron chi connectivity index (χ0n) is 11.8. The van der Waals surface area contributed by atoms with Gasteiger partial charge in [0.1, 0.15) is 0 Å². The van der Waals surface area contributed by atoms with Gasteiger partial charge in [0.2, 0.25) is 0 Å². The Morgan fingerprint density at radius 3 is 2.95 bits per heavy atom. The fourth-order valence-electron chi connectivity index (χ4n) is 4.24. The highest BCUT2D eigenvalue weighted by molar-refractivity contribution is 5.22. The van der Waals surface area contributed by atoms with Crippen LogP contribution in [0.15, 0.2) is 23.9 Å². The van der Waals surface area contributed by atoms with E-state index < -0.39 is 0 Å². The fraction of sp³-hybridized carbons (Fsp3) is 0.750. The van der Waals surface area contributed by atoms with Crippen LogP contribution in [-0.4, -0.2) is 18.6 Å². The third-order valence-electron chi connectivity index (χ3n) is 5.26. The zero-order chi connectivity index (χ0) is 13.3. The Labute approximate surface area is 116 Å². The van der Waals surface area contributed by atoms with Crippen molar-refractivity contribution >= 4 is 0 Å². The van der Waals surface area contributed by atoms with Crippen molar-refractivity contribution in [2.24, 2.45) is 29.2 Å². The van der Waals surface area contributed by atoms with Crippen molar-refractivity contribution < 1.29 is 0 Å². The van der Waals surface area contributed by atoms with E-state index >= 15 is 0 Å². The molecule has 2 unspecified atom stereocenters. The summed E-state index contributed by atoms with van der Waals surface area (Å²) in [5, 5.41) is 3.88. The summed E-state index contributed by atoms with van der Waals surface area (Å²) in [4.78, 5) is 0. The first-order valence-electron chi connectivity index (χ1n) is 7.82. The lowest BCUT2D eigenvalue weighted by Gasteiger charge is -2.36. The summed E-state index contributed by atoms with van der Waals surface area (Å²) in [6.45, 7) is 1.86. The minimum absolute atomic E-state index is 0.381. The van der Waals surface area contributed by atoms with Gasteiger partial charge in [0.25, 0.3) is 0 Å². The second-order valence-corrected chi connectivity index (χ2v) is 6.64. The molecule has 19 heavy (non-hydrogen) atoms. The summed E-state index contributed by atoms with van der Waals surface area (Å²) < 4.78 is 0. The van der Waals surface area contributed by atoms with Crippen LogP contribution in [0.1, 0.15) is 38.5 Å². The molecule has 3 heteroatoms. The van der Waals surface area contributed by atoms with Gasteiger partial charge in [-0.25, -0.2) is 0 Å². The predicted octanol–water partition coefficient (Wildman–Crippen LogP) is 1.90. The van der Waals surface area contributed by atoms with Gasteiger partial charge < -0.3 is 16.8 Å². The van der Waals surface area contributed by atoms with E-state index in [1.165, 1.54) is 25.7 Å². The van der Waals surface area contributed by atoms with Crippen molar-refractivity contribution in [1.29, 1.82) is 0 Å². The third-order valence-corrected chi connectivity index (χ3v) is 5.26. The van der Waals surface area contributed by atoms with E-state index in [2.05, 4.69) is 17.5 Å². The van der Waals surface area contributed by atoms with E-state index in [-0.39, 0.29) is 0 Å². The zero-order valence-corrected chi connectivity index (χ0v) is 11.8. The monoisotopic (exact) mass is 261 g/mol. The van der Waals surface area contributed by atoms with Crippen LogP contribution in [0.2, 0.25) is 0 Å². The van der Waals surface area contributed by atoms with Crippen molar-refractivity contribution in [3.8, 4) is 0 Å². The molecule has 106 valence electrons. The van der Waals surface area contributed by atoms with Crippen molar-refractivity contribution in [1.82, 2.24) is 5.32 Å². The number of allylic oxidation sites excluding steroid dienone is 3.